The highest BCUT2D eigenvalue weighted by molar-refractivity contribution is 14.1. The summed E-state index contributed by atoms with van der Waals surface area (Å²) in [7, 11) is 0. The number of nitrogens with one attached hydrogen (secondary N) is 1. The van der Waals surface area contributed by atoms with Gasteiger partial charge in [0.05, 0.1) is 9.90 Å². The summed E-state index contributed by atoms with van der Waals surface area (Å²) in [5.74, 6) is 0.966. The number of hydrogen-bond donors (Lipinski definition) is 1. The van der Waals surface area contributed by atoms with Gasteiger partial charge in [-0.05, 0) is 78.6 Å². The molecule has 1 aromatic heterocycles. The SMILES string of the molecule is Cc1cc(-c2ncc(I)[nH]2)c(C)c(C)c1C. The molecule has 0 aliphatic heterocycles. The normalized spacial score (nSPS) is 10.8. The van der Waals surface area contributed by atoms with E-state index >= 15 is 0 Å². The van der Waals surface area contributed by atoms with E-state index in [0.29, 0.717) is 0 Å². The summed E-state index contributed by atoms with van der Waals surface area (Å²) in [5.41, 5.74) is 6.59. The van der Waals surface area contributed by atoms with Gasteiger partial charge in [-0.25, -0.2) is 4.98 Å². The lowest BCUT2D eigenvalue weighted by molar-refractivity contribution is 1.19. The Morgan fingerprint density at radius 2 is 1.75 bits per heavy atom. The van der Waals surface area contributed by atoms with E-state index in [1.165, 1.54) is 27.8 Å². The first-order valence-electron chi connectivity index (χ1n) is 5.29. The number of benzene rings is 1. The first-order valence-corrected chi connectivity index (χ1v) is 6.37. The highest BCUT2D eigenvalue weighted by atomic mass is 127. The van der Waals surface area contributed by atoms with Gasteiger partial charge in [0, 0.05) is 5.56 Å². The van der Waals surface area contributed by atoms with Crippen LogP contribution in [0.3, 0.4) is 0 Å². The van der Waals surface area contributed by atoms with Crippen molar-refractivity contribution in [3.63, 3.8) is 0 Å². The molecule has 1 N–H and O–H groups in total. The predicted molar refractivity (Wildman–Crippen MR) is 75.7 cm³/mol. The summed E-state index contributed by atoms with van der Waals surface area (Å²) in [6.45, 7) is 8.66. The largest absolute Gasteiger partial charge is 0.333 e. The molecule has 2 nitrogen and oxygen atoms in total. The molecular formula is C13H15IN2. The average Bonchev–Trinajstić information content (AvgIpc) is 2.67. The molecule has 1 aromatic carbocycles. The summed E-state index contributed by atoms with van der Waals surface area (Å²) in [6.07, 6.45) is 1.86. The van der Waals surface area contributed by atoms with Crippen molar-refractivity contribution >= 4 is 22.6 Å². The quantitative estimate of drug-likeness (QED) is 0.791. The maximum absolute atomic E-state index is 4.40. The van der Waals surface area contributed by atoms with Gasteiger partial charge in [0.1, 0.15) is 5.82 Å². The highest BCUT2D eigenvalue weighted by Gasteiger charge is 2.10. The number of imidazole rings is 1. The third-order valence-corrected chi connectivity index (χ3v) is 3.83. The number of aromatic nitrogens is 2. The minimum Gasteiger partial charge on any atom is -0.333 e. The van der Waals surface area contributed by atoms with E-state index in [9.17, 15) is 0 Å². The molecule has 2 aromatic rings. The van der Waals surface area contributed by atoms with Gasteiger partial charge in [0.25, 0.3) is 0 Å². The predicted octanol–water partition coefficient (Wildman–Crippen LogP) is 3.91. The fourth-order valence-corrected chi connectivity index (χ4v) is 2.29. The molecule has 0 spiro atoms. The summed E-state index contributed by atoms with van der Waals surface area (Å²) in [6, 6.07) is 2.21. The average molecular weight is 326 g/mol. The van der Waals surface area contributed by atoms with Crippen LogP contribution in [0.1, 0.15) is 22.3 Å². The second-order valence-electron chi connectivity index (χ2n) is 4.20. The van der Waals surface area contributed by atoms with Gasteiger partial charge in [-0.15, -0.1) is 0 Å². The summed E-state index contributed by atoms with van der Waals surface area (Å²) in [5, 5.41) is 0. The molecule has 0 radical (unpaired) electrons. The Labute approximate surface area is 110 Å². The fraction of sp³-hybridized carbons (Fsp3) is 0.308. The van der Waals surface area contributed by atoms with Crippen LogP contribution in [0, 0.1) is 31.4 Å². The van der Waals surface area contributed by atoms with Gasteiger partial charge < -0.3 is 4.98 Å². The van der Waals surface area contributed by atoms with E-state index < -0.39 is 0 Å². The minimum atomic E-state index is 0.966. The molecule has 0 bridgehead atoms. The van der Waals surface area contributed by atoms with Crippen LogP contribution in [0.4, 0.5) is 0 Å². The zero-order chi connectivity index (χ0) is 11.9. The highest BCUT2D eigenvalue weighted by Crippen LogP contribution is 2.27. The molecule has 3 heteroatoms. The van der Waals surface area contributed by atoms with Gasteiger partial charge in [-0.1, -0.05) is 0 Å². The maximum atomic E-state index is 4.40. The number of hydrogen-bond acceptors (Lipinski definition) is 1. The zero-order valence-corrected chi connectivity index (χ0v) is 12.1. The van der Waals surface area contributed by atoms with Crippen LogP contribution < -0.4 is 0 Å². The van der Waals surface area contributed by atoms with E-state index in [4.69, 9.17) is 0 Å². The number of halogens is 1. The Morgan fingerprint density at radius 3 is 2.31 bits per heavy atom. The van der Waals surface area contributed by atoms with Gasteiger partial charge in [0.15, 0.2) is 0 Å². The summed E-state index contributed by atoms with van der Waals surface area (Å²) in [4.78, 5) is 7.68. The fourth-order valence-electron chi connectivity index (χ4n) is 1.89. The molecular weight excluding hydrogens is 311 g/mol. The lowest BCUT2D eigenvalue weighted by atomic mass is 9.94. The van der Waals surface area contributed by atoms with Crippen molar-refractivity contribution in [3.05, 3.63) is 38.2 Å². The van der Waals surface area contributed by atoms with Crippen molar-refractivity contribution in [2.75, 3.05) is 0 Å². The van der Waals surface area contributed by atoms with Crippen molar-refractivity contribution in [1.82, 2.24) is 9.97 Å². The van der Waals surface area contributed by atoms with Crippen molar-refractivity contribution in [3.8, 4) is 11.4 Å². The molecule has 0 saturated carbocycles. The lowest BCUT2D eigenvalue weighted by Gasteiger charge is -2.12. The van der Waals surface area contributed by atoms with Crippen molar-refractivity contribution in [2.45, 2.75) is 27.7 Å². The smallest absolute Gasteiger partial charge is 0.138 e. The topological polar surface area (TPSA) is 28.7 Å². The zero-order valence-electron chi connectivity index (χ0n) is 9.98. The van der Waals surface area contributed by atoms with Gasteiger partial charge in [0.2, 0.25) is 0 Å². The van der Waals surface area contributed by atoms with Crippen molar-refractivity contribution in [1.29, 1.82) is 0 Å². The van der Waals surface area contributed by atoms with Crippen LogP contribution in [0.2, 0.25) is 0 Å². The van der Waals surface area contributed by atoms with E-state index in [1.807, 2.05) is 6.20 Å². The number of rotatable bonds is 1. The molecule has 0 unspecified atom stereocenters. The minimum absolute atomic E-state index is 0.966. The second-order valence-corrected chi connectivity index (χ2v) is 5.36. The van der Waals surface area contributed by atoms with E-state index in [2.05, 4.69) is 66.3 Å². The Kier molecular flexibility index (Phi) is 3.06. The number of aryl methyl sites for hydroxylation is 1. The number of H-pyrrole nitrogens is 1. The van der Waals surface area contributed by atoms with Gasteiger partial charge >= 0.3 is 0 Å². The van der Waals surface area contributed by atoms with E-state index in [0.717, 1.165) is 9.53 Å². The van der Waals surface area contributed by atoms with Gasteiger partial charge in [-0.2, -0.15) is 0 Å². The van der Waals surface area contributed by atoms with Crippen LogP contribution >= 0.6 is 22.6 Å². The first kappa shape index (κ1) is 11.6. The lowest BCUT2D eigenvalue weighted by Crippen LogP contribution is -1.95. The standard InChI is InChI=1S/C13H15IN2/c1-7-5-11(10(4)9(3)8(7)2)13-15-6-12(14)16-13/h5-6H,1-4H3,(H,15,16). The summed E-state index contributed by atoms with van der Waals surface area (Å²) >= 11 is 2.25. The number of aromatic amines is 1. The van der Waals surface area contributed by atoms with Crippen molar-refractivity contribution < 1.29 is 0 Å². The maximum Gasteiger partial charge on any atom is 0.138 e. The molecule has 0 aliphatic carbocycles. The monoisotopic (exact) mass is 326 g/mol. The Hall–Kier alpha value is -0.840. The molecule has 16 heavy (non-hydrogen) atoms. The third kappa shape index (κ3) is 1.88. The molecule has 2 rings (SSSR count). The molecule has 0 aliphatic rings. The Bertz CT molecular complexity index is 541. The van der Waals surface area contributed by atoms with E-state index in [-0.39, 0.29) is 0 Å². The third-order valence-electron chi connectivity index (χ3n) is 3.28. The van der Waals surface area contributed by atoms with Crippen molar-refractivity contribution in [2.24, 2.45) is 0 Å². The molecule has 0 atom stereocenters. The first-order chi connectivity index (χ1) is 7.50. The number of nitrogens with zero attached hydrogens (tertiary/aromatic N) is 1. The molecule has 84 valence electrons. The van der Waals surface area contributed by atoms with Crippen LogP contribution in [0.15, 0.2) is 12.3 Å². The Balaban J connectivity index is 2.66. The van der Waals surface area contributed by atoms with Gasteiger partial charge in [-0.3, -0.25) is 0 Å². The molecule has 0 fully saturated rings. The van der Waals surface area contributed by atoms with Crippen LogP contribution in [0.25, 0.3) is 11.4 Å². The molecule has 0 amide bonds. The van der Waals surface area contributed by atoms with Crippen LogP contribution in [-0.4, -0.2) is 9.97 Å². The van der Waals surface area contributed by atoms with Crippen LogP contribution in [-0.2, 0) is 0 Å². The van der Waals surface area contributed by atoms with E-state index in [1.54, 1.807) is 0 Å². The second kappa shape index (κ2) is 4.20. The van der Waals surface area contributed by atoms with Crippen LogP contribution in [0.5, 0.6) is 0 Å². The molecule has 1 heterocycles. The molecule has 0 saturated heterocycles. The summed E-state index contributed by atoms with van der Waals surface area (Å²) < 4.78 is 1.07. The Morgan fingerprint density at radius 1 is 1.06 bits per heavy atom.